The predicted molar refractivity (Wildman–Crippen MR) is 164 cm³/mol. The van der Waals surface area contributed by atoms with E-state index in [0.717, 1.165) is 68.2 Å². The Bertz CT molecular complexity index is 1710. The van der Waals surface area contributed by atoms with Gasteiger partial charge in [0.15, 0.2) is 5.82 Å². The number of benzene rings is 2. The molecule has 0 spiro atoms. The van der Waals surface area contributed by atoms with E-state index in [1.807, 2.05) is 24.3 Å². The van der Waals surface area contributed by atoms with Gasteiger partial charge in [0.25, 0.3) is 0 Å². The molecule has 222 valence electrons. The van der Waals surface area contributed by atoms with Crippen molar-refractivity contribution in [2.45, 2.75) is 75.5 Å². The molecule has 6 heterocycles. The first kappa shape index (κ1) is 25.9. The number of anilines is 1. The summed E-state index contributed by atoms with van der Waals surface area (Å²) in [5, 5.41) is 16.4. The minimum atomic E-state index is -0.519. The monoisotopic (exact) mass is 580 g/mol. The largest absolute Gasteiger partial charge is 0.508 e. The molecule has 5 fully saturated rings. The number of piperazine rings is 1. The summed E-state index contributed by atoms with van der Waals surface area (Å²) in [5.74, 6) is 0.244. The fourth-order valence-electron chi connectivity index (χ4n) is 8.38. The number of aromatic nitrogens is 3. The van der Waals surface area contributed by atoms with Crippen LogP contribution in [-0.4, -0.2) is 75.4 Å². The molecule has 2 aromatic heterocycles. The van der Waals surface area contributed by atoms with Crippen LogP contribution in [0.5, 0.6) is 11.8 Å². The van der Waals surface area contributed by atoms with Gasteiger partial charge < -0.3 is 20.1 Å². The highest BCUT2D eigenvalue weighted by molar-refractivity contribution is 5.99. The molecule has 0 unspecified atom stereocenters. The van der Waals surface area contributed by atoms with Crippen molar-refractivity contribution in [3.8, 4) is 23.0 Å². The van der Waals surface area contributed by atoms with E-state index in [0.29, 0.717) is 35.5 Å². The molecule has 9 rings (SSSR count). The topological polar surface area (TPSA) is 86.6 Å². The number of nitrogens with zero attached hydrogens (tertiary/aromatic N) is 5. The highest BCUT2D eigenvalue weighted by Crippen LogP contribution is 2.50. The summed E-state index contributed by atoms with van der Waals surface area (Å²) in [6.07, 6.45) is 11.6. The number of aromatic hydroxyl groups is 1. The Morgan fingerprint density at radius 1 is 0.953 bits per heavy atom. The third kappa shape index (κ3) is 4.42. The Kier molecular flexibility index (Phi) is 5.86. The molecule has 0 radical (unpaired) electrons. The van der Waals surface area contributed by atoms with Crippen LogP contribution in [0.1, 0.15) is 51.4 Å². The third-order valence-electron chi connectivity index (χ3n) is 10.8. The van der Waals surface area contributed by atoms with Gasteiger partial charge in [-0.3, -0.25) is 9.88 Å². The molecule has 2 aromatic carbocycles. The van der Waals surface area contributed by atoms with Crippen LogP contribution in [-0.2, 0) is 0 Å². The lowest BCUT2D eigenvalue weighted by atomic mass is 10.00. The van der Waals surface area contributed by atoms with Gasteiger partial charge in [-0.1, -0.05) is 24.3 Å². The number of phenols is 1. The van der Waals surface area contributed by atoms with Crippen molar-refractivity contribution in [3.05, 3.63) is 48.4 Å². The van der Waals surface area contributed by atoms with E-state index >= 15 is 4.39 Å². The zero-order chi connectivity index (χ0) is 28.7. The van der Waals surface area contributed by atoms with Gasteiger partial charge in [0.1, 0.15) is 22.8 Å². The normalized spacial score (nSPS) is 27.4. The standard InChI is InChI=1S/C34H37FN6O2/c35-29-30(27-14-25(42)13-20-3-1-2-4-26(20)27)36-15-28-31(29)38-33(39-32(28)40-16-21-5-6-22(17-40)37-21)43-19-34(11-12-34)18-41-23-7-8-24(41)10-9-23/h1-4,13-15,21-24,37,42H,5-12,16-19H2/t21-,22+,23?,24?. The Balaban J connectivity index is 1.10. The number of fused-ring (bicyclic) bond motifs is 6. The number of hydrogen-bond acceptors (Lipinski definition) is 8. The lowest BCUT2D eigenvalue weighted by Crippen LogP contribution is -2.51. The van der Waals surface area contributed by atoms with Crippen molar-refractivity contribution >= 4 is 27.5 Å². The van der Waals surface area contributed by atoms with Crippen molar-refractivity contribution in [2.75, 3.05) is 31.1 Å². The lowest BCUT2D eigenvalue weighted by Gasteiger charge is -2.34. The van der Waals surface area contributed by atoms with Crippen LogP contribution < -0.4 is 15.0 Å². The van der Waals surface area contributed by atoms with E-state index in [2.05, 4.69) is 20.1 Å². The van der Waals surface area contributed by atoms with Crippen LogP contribution in [0.3, 0.4) is 0 Å². The smallest absolute Gasteiger partial charge is 0.319 e. The number of hydrogen-bond donors (Lipinski definition) is 2. The summed E-state index contributed by atoms with van der Waals surface area (Å²) >= 11 is 0. The van der Waals surface area contributed by atoms with Gasteiger partial charge in [-0.05, 0) is 74.3 Å². The van der Waals surface area contributed by atoms with E-state index in [9.17, 15) is 5.11 Å². The Morgan fingerprint density at radius 2 is 1.70 bits per heavy atom. The molecular weight excluding hydrogens is 543 g/mol. The maximum Gasteiger partial charge on any atom is 0.319 e. The number of halogens is 1. The highest BCUT2D eigenvalue weighted by atomic mass is 19.1. The summed E-state index contributed by atoms with van der Waals surface area (Å²) in [6.45, 7) is 3.25. The second-order valence-electron chi connectivity index (χ2n) is 13.7. The van der Waals surface area contributed by atoms with E-state index in [1.165, 1.54) is 25.7 Å². The number of nitrogens with one attached hydrogen (secondary N) is 1. The Labute approximate surface area is 250 Å². The Morgan fingerprint density at radius 3 is 2.44 bits per heavy atom. The molecule has 1 saturated carbocycles. The van der Waals surface area contributed by atoms with Crippen LogP contribution in [0.15, 0.2) is 42.6 Å². The zero-order valence-electron chi connectivity index (χ0n) is 24.3. The molecule has 4 aliphatic heterocycles. The molecule has 4 saturated heterocycles. The highest BCUT2D eigenvalue weighted by Gasteiger charge is 2.50. The summed E-state index contributed by atoms with van der Waals surface area (Å²) in [6, 6.07) is 13.4. The van der Waals surface area contributed by atoms with Gasteiger partial charge in [0, 0.05) is 61.0 Å². The summed E-state index contributed by atoms with van der Waals surface area (Å²) < 4.78 is 23.0. The van der Waals surface area contributed by atoms with Crippen LogP contribution >= 0.6 is 0 Å². The number of ether oxygens (including phenoxy) is 1. The average Bonchev–Trinajstić information content (AvgIpc) is 3.39. The molecule has 4 bridgehead atoms. The molecule has 2 atom stereocenters. The fraction of sp³-hybridized carbons (Fsp3) is 0.500. The van der Waals surface area contributed by atoms with Crippen LogP contribution in [0.2, 0.25) is 0 Å². The number of phenolic OH excluding ortho intramolecular Hbond substituents is 1. The molecular formula is C34H37FN6O2. The third-order valence-corrected chi connectivity index (χ3v) is 10.8. The van der Waals surface area contributed by atoms with Crippen molar-refractivity contribution in [1.29, 1.82) is 0 Å². The Hall–Kier alpha value is -3.56. The van der Waals surface area contributed by atoms with E-state index in [1.54, 1.807) is 18.3 Å². The molecule has 0 amide bonds. The first-order chi connectivity index (χ1) is 21.0. The lowest BCUT2D eigenvalue weighted by molar-refractivity contribution is 0.144. The maximum atomic E-state index is 16.6. The van der Waals surface area contributed by atoms with Crippen molar-refractivity contribution < 1.29 is 14.2 Å². The van der Waals surface area contributed by atoms with Crippen LogP contribution in [0.25, 0.3) is 32.9 Å². The number of pyridine rings is 1. The molecule has 4 aromatic rings. The van der Waals surface area contributed by atoms with Gasteiger partial charge in [0.2, 0.25) is 0 Å². The van der Waals surface area contributed by atoms with Gasteiger partial charge in [-0.2, -0.15) is 9.97 Å². The van der Waals surface area contributed by atoms with E-state index in [4.69, 9.17) is 14.7 Å². The van der Waals surface area contributed by atoms with Crippen LogP contribution in [0, 0.1) is 11.2 Å². The van der Waals surface area contributed by atoms with Gasteiger partial charge >= 0.3 is 6.01 Å². The first-order valence-electron chi connectivity index (χ1n) is 16.0. The van der Waals surface area contributed by atoms with E-state index < -0.39 is 5.82 Å². The maximum absolute atomic E-state index is 16.6. The fourth-order valence-corrected chi connectivity index (χ4v) is 8.38. The van der Waals surface area contributed by atoms with Gasteiger partial charge in [-0.15, -0.1) is 0 Å². The van der Waals surface area contributed by atoms with Gasteiger partial charge in [0.05, 0.1) is 12.0 Å². The SMILES string of the molecule is Oc1cc(-c2ncc3c(N4C[C@H]5CC[C@@H](C4)N5)nc(OCC4(CN5C6CCC5CC6)CC4)nc3c2F)c2ccccc2c1. The minimum absolute atomic E-state index is 0.0693. The zero-order valence-corrected chi connectivity index (χ0v) is 24.3. The van der Waals surface area contributed by atoms with Gasteiger partial charge in [-0.25, -0.2) is 4.39 Å². The first-order valence-corrected chi connectivity index (χ1v) is 16.0. The summed E-state index contributed by atoms with van der Waals surface area (Å²) in [7, 11) is 0. The second-order valence-corrected chi connectivity index (χ2v) is 13.7. The predicted octanol–water partition coefficient (Wildman–Crippen LogP) is 5.42. The molecule has 8 nitrogen and oxygen atoms in total. The molecule has 43 heavy (non-hydrogen) atoms. The second kappa shape index (κ2) is 9.72. The molecule has 5 aliphatic rings. The number of rotatable bonds is 7. The average molecular weight is 581 g/mol. The quantitative estimate of drug-likeness (QED) is 0.300. The summed E-state index contributed by atoms with van der Waals surface area (Å²) in [5.41, 5.74) is 1.06. The molecule has 2 N–H and O–H groups in total. The van der Waals surface area contributed by atoms with Crippen molar-refractivity contribution in [2.24, 2.45) is 5.41 Å². The molecule has 1 aliphatic carbocycles. The van der Waals surface area contributed by atoms with E-state index in [-0.39, 0.29) is 28.4 Å². The van der Waals surface area contributed by atoms with Crippen molar-refractivity contribution in [1.82, 2.24) is 25.2 Å². The molecule has 9 heteroatoms. The van der Waals surface area contributed by atoms with Crippen LogP contribution in [0.4, 0.5) is 10.2 Å². The minimum Gasteiger partial charge on any atom is -0.508 e. The van der Waals surface area contributed by atoms with Crippen molar-refractivity contribution in [3.63, 3.8) is 0 Å². The summed E-state index contributed by atoms with van der Waals surface area (Å²) in [4.78, 5) is 19.3.